The number of hydrogen-bond acceptors (Lipinski definition) is 7. The Morgan fingerprint density at radius 2 is 2.16 bits per heavy atom. The van der Waals surface area contributed by atoms with Gasteiger partial charge in [0.25, 0.3) is 0 Å². The smallest absolute Gasteiger partial charge is 0.311 e. The summed E-state index contributed by atoms with van der Waals surface area (Å²) in [5, 5.41) is 12.8. The van der Waals surface area contributed by atoms with E-state index in [-0.39, 0.29) is 18.3 Å². The summed E-state index contributed by atoms with van der Waals surface area (Å²) in [7, 11) is 0. The quantitative estimate of drug-likeness (QED) is 0.535. The van der Waals surface area contributed by atoms with E-state index in [0.29, 0.717) is 48.2 Å². The van der Waals surface area contributed by atoms with Gasteiger partial charge in [-0.25, -0.2) is 0 Å². The maximum Gasteiger partial charge on any atom is 0.311 e. The molecule has 0 saturated carbocycles. The Morgan fingerprint density at radius 3 is 2.80 bits per heavy atom. The number of esters is 1. The first kappa shape index (κ1) is 18.5. The van der Waals surface area contributed by atoms with E-state index in [4.69, 9.17) is 19.3 Å². The van der Waals surface area contributed by atoms with Crippen molar-refractivity contribution in [2.24, 2.45) is 0 Å². The number of rotatable bonds is 8. The number of carbonyl (C=O) groups is 1. The molecule has 0 fully saturated rings. The molecule has 0 spiro atoms. The Bertz CT molecular complexity index is 762. The maximum atomic E-state index is 12.0. The fraction of sp³-hybridized carbons (Fsp3) is 0.444. The summed E-state index contributed by atoms with van der Waals surface area (Å²) < 4.78 is 15.9. The van der Waals surface area contributed by atoms with E-state index in [0.717, 1.165) is 0 Å². The van der Waals surface area contributed by atoms with Crippen molar-refractivity contribution in [3.63, 3.8) is 0 Å². The van der Waals surface area contributed by atoms with Gasteiger partial charge in [0.2, 0.25) is 5.89 Å². The molecule has 0 amide bonds. The van der Waals surface area contributed by atoms with Gasteiger partial charge < -0.3 is 14.0 Å². The molecule has 7 nitrogen and oxygen atoms in total. The molecule has 1 heterocycles. The van der Waals surface area contributed by atoms with Crippen molar-refractivity contribution in [1.82, 2.24) is 10.1 Å². The molecule has 7 heteroatoms. The van der Waals surface area contributed by atoms with Gasteiger partial charge in [0.05, 0.1) is 18.2 Å². The van der Waals surface area contributed by atoms with E-state index >= 15 is 0 Å². The molecule has 0 radical (unpaired) electrons. The van der Waals surface area contributed by atoms with Gasteiger partial charge in [-0.15, -0.1) is 0 Å². The first-order valence-corrected chi connectivity index (χ1v) is 8.23. The Hall–Kier alpha value is -2.88. The highest BCUT2D eigenvalue weighted by atomic mass is 16.6. The van der Waals surface area contributed by atoms with Gasteiger partial charge in [-0.1, -0.05) is 19.0 Å². The van der Waals surface area contributed by atoms with Crippen LogP contribution in [0.15, 0.2) is 22.7 Å². The van der Waals surface area contributed by atoms with Crippen molar-refractivity contribution < 1.29 is 18.8 Å². The molecule has 0 aliphatic heterocycles. The maximum absolute atomic E-state index is 12.0. The summed E-state index contributed by atoms with van der Waals surface area (Å²) in [5.74, 6) is 1.70. The van der Waals surface area contributed by atoms with Crippen LogP contribution in [0.3, 0.4) is 0 Å². The summed E-state index contributed by atoms with van der Waals surface area (Å²) in [6, 6.07) is 6.72. The Labute approximate surface area is 146 Å². The third-order valence-corrected chi connectivity index (χ3v) is 3.37. The lowest BCUT2D eigenvalue weighted by atomic mass is 10.2. The fourth-order valence-electron chi connectivity index (χ4n) is 2.09. The van der Waals surface area contributed by atoms with E-state index in [1.807, 2.05) is 26.8 Å². The molecule has 1 aromatic carbocycles. The average Bonchev–Trinajstić information content (AvgIpc) is 3.06. The number of aryl methyl sites for hydroxylation is 1. The second-order valence-corrected chi connectivity index (χ2v) is 5.73. The molecule has 25 heavy (non-hydrogen) atoms. The lowest BCUT2D eigenvalue weighted by molar-refractivity contribution is -0.134. The Balaban J connectivity index is 1.88. The highest BCUT2D eigenvalue weighted by Gasteiger charge is 2.13. The van der Waals surface area contributed by atoms with Gasteiger partial charge in [0.15, 0.2) is 17.3 Å². The van der Waals surface area contributed by atoms with Crippen LogP contribution in [0, 0.1) is 11.3 Å². The van der Waals surface area contributed by atoms with Crippen LogP contribution in [-0.4, -0.2) is 22.7 Å². The minimum Gasteiger partial charge on any atom is -0.490 e. The van der Waals surface area contributed by atoms with E-state index < -0.39 is 0 Å². The van der Waals surface area contributed by atoms with Crippen LogP contribution in [0.25, 0.3) is 0 Å². The fourth-order valence-corrected chi connectivity index (χ4v) is 2.09. The molecule has 2 rings (SSSR count). The van der Waals surface area contributed by atoms with Crippen LogP contribution in [0.2, 0.25) is 0 Å². The summed E-state index contributed by atoms with van der Waals surface area (Å²) in [4.78, 5) is 16.3. The van der Waals surface area contributed by atoms with Gasteiger partial charge in [-0.2, -0.15) is 10.2 Å². The predicted molar refractivity (Wildman–Crippen MR) is 89.3 cm³/mol. The number of ether oxygens (including phenoxy) is 2. The van der Waals surface area contributed by atoms with Crippen molar-refractivity contribution in [1.29, 1.82) is 5.26 Å². The second kappa shape index (κ2) is 8.83. The van der Waals surface area contributed by atoms with Crippen molar-refractivity contribution in [3.8, 4) is 17.6 Å². The Morgan fingerprint density at radius 1 is 1.36 bits per heavy atom. The highest BCUT2D eigenvalue weighted by Crippen LogP contribution is 2.28. The number of aromatic nitrogens is 2. The van der Waals surface area contributed by atoms with Gasteiger partial charge in [0.1, 0.15) is 0 Å². The summed E-state index contributed by atoms with van der Waals surface area (Å²) in [5.41, 5.74) is 0.445. The minimum atomic E-state index is -0.380. The number of carbonyl (C=O) groups excluding carboxylic acids is 1. The number of nitrogens with zero attached hydrogens (tertiary/aromatic N) is 3. The second-order valence-electron chi connectivity index (χ2n) is 5.73. The average molecular weight is 343 g/mol. The third kappa shape index (κ3) is 5.31. The van der Waals surface area contributed by atoms with E-state index in [1.165, 1.54) is 0 Å². The first-order valence-electron chi connectivity index (χ1n) is 8.23. The third-order valence-electron chi connectivity index (χ3n) is 3.37. The SMILES string of the molecule is CCOc1cc(C#N)ccc1OC(=O)CCCc1nc(C(C)C)no1. The lowest BCUT2D eigenvalue weighted by Gasteiger charge is -2.10. The first-order chi connectivity index (χ1) is 12.0. The molecule has 0 saturated heterocycles. The zero-order valence-electron chi connectivity index (χ0n) is 14.6. The van der Waals surface area contributed by atoms with E-state index in [1.54, 1.807) is 18.2 Å². The van der Waals surface area contributed by atoms with Gasteiger partial charge >= 0.3 is 5.97 Å². The molecule has 0 unspecified atom stereocenters. The zero-order valence-corrected chi connectivity index (χ0v) is 14.6. The molecule has 0 N–H and O–H groups in total. The molecular weight excluding hydrogens is 322 g/mol. The number of hydrogen-bond donors (Lipinski definition) is 0. The van der Waals surface area contributed by atoms with Crippen LogP contribution >= 0.6 is 0 Å². The van der Waals surface area contributed by atoms with Crippen LogP contribution in [0.4, 0.5) is 0 Å². The van der Waals surface area contributed by atoms with Crippen molar-refractivity contribution in [3.05, 3.63) is 35.5 Å². The highest BCUT2D eigenvalue weighted by molar-refractivity contribution is 5.73. The molecule has 0 atom stereocenters. The van der Waals surface area contributed by atoms with Crippen molar-refractivity contribution in [2.45, 2.75) is 46.0 Å². The van der Waals surface area contributed by atoms with Gasteiger partial charge in [0, 0.05) is 24.8 Å². The molecule has 0 aliphatic carbocycles. The molecule has 0 bridgehead atoms. The van der Waals surface area contributed by atoms with Gasteiger partial charge in [-0.05, 0) is 25.5 Å². The van der Waals surface area contributed by atoms with Crippen LogP contribution in [0.5, 0.6) is 11.5 Å². The number of benzene rings is 1. The summed E-state index contributed by atoms with van der Waals surface area (Å²) in [6.45, 7) is 6.20. The van der Waals surface area contributed by atoms with Crippen LogP contribution < -0.4 is 9.47 Å². The number of nitriles is 1. The molecule has 1 aromatic heterocycles. The van der Waals surface area contributed by atoms with Crippen molar-refractivity contribution in [2.75, 3.05) is 6.61 Å². The zero-order chi connectivity index (χ0) is 18.2. The minimum absolute atomic E-state index is 0.204. The van der Waals surface area contributed by atoms with E-state index in [9.17, 15) is 4.79 Å². The topological polar surface area (TPSA) is 98.2 Å². The molecule has 0 aliphatic rings. The molecule has 132 valence electrons. The summed E-state index contributed by atoms with van der Waals surface area (Å²) >= 11 is 0. The molecular formula is C18H21N3O4. The lowest BCUT2D eigenvalue weighted by Crippen LogP contribution is -2.09. The normalized spacial score (nSPS) is 10.5. The monoisotopic (exact) mass is 343 g/mol. The Kier molecular flexibility index (Phi) is 6.52. The standard InChI is InChI=1S/C18H21N3O4/c1-4-23-15-10-13(11-19)8-9-14(15)24-17(22)7-5-6-16-20-18(12(2)3)21-25-16/h8-10,12H,4-7H2,1-3H3. The predicted octanol–water partition coefficient (Wildman–Crippen LogP) is 3.39. The van der Waals surface area contributed by atoms with E-state index in [2.05, 4.69) is 10.1 Å². The largest absolute Gasteiger partial charge is 0.490 e. The van der Waals surface area contributed by atoms with Gasteiger partial charge in [-0.3, -0.25) is 4.79 Å². The van der Waals surface area contributed by atoms with Crippen LogP contribution in [-0.2, 0) is 11.2 Å². The van der Waals surface area contributed by atoms with Crippen molar-refractivity contribution >= 4 is 5.97 Å². The van der Waals surface area contributed by atoms with Crippen LogP contribution in [0.1, 0.15) is 56.8 Å². The summed E-state index contributed by atoms with van der Waals surface area (Å²) in [6.07, 6.45) is 1.27. The molecule has 2 aromatic rings.